The Morgan fingerprint density at radius 2 is 1.68 bits per heavy atom. The molecule has 1 rings (SSSR count). The molecule has 108 valence electrons. The number of aliphatic hydroxyl groups excluding tert-OH is 1. The predicted octanol–water partition coefficient (Wildman–Crippen LogP) is 3.22. The number of rotatable bonds is 3. The molecule has 0 aliphatic heterocycles. The molecule has 1 aromatic carbocycles. The maximum Gasteiger partial charge on any atom is 0.419 e. The van der Waals surface area contributed by atoms with E-state index in [9.17, 15) is 22.7 Å². The molecule has 1 atom stereocenters. The number of likely N-dealkylation sites (N-methyl/N-ethyl adjacent to an activating group) is 1. The summed E-state index contributed by atoms with van der Waals surface area (Å²) in [6, 6.07) is 2.49. The van der Waals surface area contributed by atoms with Gasteiger partial charge in [-0.05, 0) is 45.6 Å². The first-order valence-electron chi connectivity index (χ1n) is 5.70. The van der Waals surface area contributed by atoms with Gasteiger partial charge in [0.2, 0.25) is 0 Å². The van der Waals surface area contributed by atoms with Crippen LogP contribution in [0.5, 0.6) is 0 Å². The molecule has 1 N–H and O–H groups in total. The molecule has 0 saturated heterocycles. The SMILES string of the molecule is CN(C)C(C)(C)C(O)c1ccc(C(F)(F)F)c(F)c1. The van der Waals surface area contributed by atoms with Gasteiger partial charge in [0.05, 0.1) is 11.7 Å². The molecule has 19 heavy (non-hydrogen) atoms. The third-order valence-electron chi connectivity index (χ3n) is 3.44. The molecule has 6 heteroatoms. The highest BCUT2D eigenvalue weighted by Gasteiger charge is 2.36. The molecule has 0 radical (unpaired) electrons. The Hall–Kier alpha value is -1.14. The highest BCUT2D eigenvalue weighted by Crippen LogP contribution is 2.35. The monoisotopic (exact) mass is 279 g/mol. The summed E-state index contributed by atoms with van der Waals surface area (Å²) < 4.78 is 50.7. The molecular weight excluding hydrogens is 262 g/mol. The molecule has 0 aliphatic rings. The Morgan fingerprint density at radius 1 is 1.16 bits per heavy atom. The van der Waals surface area contributed by atoms with E-state index < -0.39 is 29.2 Å². The predicted molar refractivity (Wildman–Crippen MR) is 64.1 cm³/mol. The van der Waals surface area contributed by atoms with Crippen LogP contribution in [0.1, 0.15) is 31.1 Å². The van der Waals surface area contributed by atoms with E-state index in [0.717, 1.165) is 12.1 Å². The minimum atomic E-state index is -4.73. The average Bonchev–Trinajstić information content (AvgIpc) is 2.25. The molecule has 1 unspecified atom stereocenters. The van der Waals surface area contributed by atoms with E-state index in [1.165, 1.54) is 0 Å². The molecule has 0 spiro atoms. The van der Waals surface area contributed by atoms with E-state index in [-0.39, 0.29) is 5.56 Å². The maximum atomic E-state index is 13.5. The van der Waals surface area contributed by atoms with E-state index in [1.54, 1.807) is 32.8 Å². The van der Waals surface area contributed by atoms with E-state index in [0.29, 0.717) is 6.07 Å². The van der Waals surface area contributed by atoms with Crippen LogP contribution in [-0.4, -0.2) is 29.6 Å². The lowest BCUT2D eigenvalue weighted by Crippen LogP contribution is -2.43. The van der Waals surface area contributed by atoms with Crippen LogP contribution in [0.25, 0.3) is 0 Å². The first-order valence-corrected chi connectivity index (χ1v) is 5.70. The third kappa shape index (κ3) is 3.25. The molecule has 0 amide bonds. The Labute approximate surface area is 109 Å². The number of halogens is 4. The second kappa shape index (κ2) is 5.09. The normalized spacial score (nSPS) is 14.8. The summed E-state index contributed by atoms with van der Waals surface area (Å²) in [5.74, 6) is -1.38. The lowest BCUT2D eigenvalue weighted by molar-refractivity contribution is -0.140. The topological polar surface area (TPSA) is 23.5 Å². The van der Waals surface area contributed by atoms with Crippen molar-refractivity contribution >= 4 is 0 Å². The first-order chi connectivity index (χ1) is 8.48. The first kappa shape index (κ1) is 15.9. The van der Waals surface area contributed by atoms with Gasteiger partial charge in [-0.1, -0.05) is 6.07 Å². The number of hydrogen-bond acceptors (Lipinski definition) is 2. The smallest absolute Gasteiger partial charge is 0.386 e. The van der Waals surface area contributed by atoms with Crippen molar-refractivity contribution < 1.29 is 22.7 Å². The zero-order valence-corrected chi connectivity index (χ0v) is 11.2. The molecular formula is C13H17F4NO. The second-order valence-electron chi connectivity index (χ2n) is 5.19. The maximum absolute atomic E-state index is 13.5. The van der Waals surface area contributed by atoms with Crippen LogP contribution in [0, 0.1) is 5.82 Å². The summed E-state index contributed by atoms with van der Waals surface area (Å²) in [6.45, 7) is 3.43. The fourth-order valence-corrected chi connectivity index (χ4v) is 1.58. The fraction of sp³-hybridized carbons (Fsp3) is 0.538. The van der Waals surface area contributed by atoms with Crippen LogP contribution in [0.4, 0.5) is 17.6 Å². The van der Waals surface area contributed by atoms with Crippen LogP contribution < -0.4 is 0 Å². The Balaban J connectivity index is 3.15. The van der Waals surface area contributed by atoms with Gasteiger partial charge in [-0.3, -0.25) is 0 Å². The van der Waals surface area contributed by atoms with Crippen molar-refractivity contribution in [3.8, 4) is 0 Å². The third-order valence-corrected chi connectivity index (χ3v) is 3.44. The largest absolute Gasteiger partial charge is 0.419 e. The van der Waals surface area contributed by atoms with Crippen molar-refractivity contribution in [3.63, 3.8) is 0 Å². The zero-order valence-electron chi connectivity index (χ0n) is 11.2. The van der Waals surface area contributed by atoms with Gasteiger partial charge >= 0.3 is 6.18 Å². The summed E-state index contributed by atoms with van der Waals surface area (Å²) in [5.41, 5.74) is -1.94. The standard InChI is InChI=1S/C13H17F4NO/c1-12(2,18(3)4)11(19)8-5-6-9(10(14)7-8)13(15,16)17/h5-7,11,19H,1-4H3. The van der Waals surface area contributed by atoms with E-state index in [2.05, 4.69) is 0 Å². The quantitative estimate of drug-likeness (QED) is 0.859. The number of benzene rings is 1. The number of aliphatic hydroxyl groups is 1. The Morgan fingerprint density at radius 3 is 2.05 bits per heavy atom. The van der Waals surface area contributed by atoms with Crippen LogP contribution in [0.3, 0.4) is 0 Å². The van der Waals surface area contributed by atoms with Gasteiger partial charge in [-0.25, -0.2) is 4.39 Å². The van der Waals surface area contributed by atoms with Crippen LogP contribution >= 0.6 is 0 Å². The molecule has 0 aromatic heterocycles. The lowest BCUT2D eigenvalue weighted by Gasteiger charge is -2.37. The van der Waals surface area contributed by atoms with Gasteiger partial charge in [0, 0.05) is 5.54 Å². The van der Waals surface area contributed by atoms with Gasteiger partial charge in [-0.2, -0.15) is 13.2 Å². The van der Waals surface area contributed by atoms with Gasteiger partial charge in [-0.15, -0.1) is 0 Å². The van der Waals surface area contributed by atoms with Crippen molar-refractivity contribution in [2.24, 2.45) is 0 Å². The second-order valence-corrected chi connectivity index (χ2v) is 5.19. The summed E-state index contributed by atoms with van der Waals surface area (Å²) >= 11 is 0. The molecule has 2 nitrogen and oxygen atoms in total. The van der Waals surface area contributed by atoms with Crippen molar-refractivity contribution in [1.82, 2.24) is 4.90 Å². The van der Waals surface area contributed by atoms with E-state index in [1.807, 2.05) is 0 Å². The molecule has 0 heterocycles. The Bertz CT molecular complexity index is 454. The van der Waals surface area contributed by atoms with Crippen molar-refractivity contribution in [3.05, 3.63) is 35.1 Å². The average molecular weight is 279 g/mol. The molecule has 0 saturated carbocycles. The van der Waals surface area contributed by atoms with Crippen LogP contribution in [0.15, 0.2) is 18.2 Å². The molecule has 0 fully saturated rings. The summed E-state index contributed by atoms with van der Waals surface area (Å²) in [4.78, 5) is 1.72. The van der Waals surface area contributed by atoms with E-state index in [4.69, 9.17) is 0 Å². The van der Waals surface area contributed by atoms with Crippen LogP contribution in [0.2, 0.25) is 0 Å². The summed E-state index contributed by atoms with van der Waals surface area (Å²) in [5, 5.41) is 10.1. The highest BCUT2D eigenvalue weighted by molar-refractivity contribution is 5.29. The van der Waals surface area contributed by atoms with Gasteiger partial charge in [0.1, 0.15) is 5.82 Å². The zero-order chi connectivity index (χ0) is 15.0. The van der Waals surface area contributed by atoms with Gasteiger partial charge in [0.15, 0.2) is 0 Å². The highest BCUT2D eigenvalue weighted by atomic mass is 19.4. The molecule has 0 aliphatic carbocycles. The minimum Gasteiger partial charge on any atom is -0.386 e. The summed E-state index contributed by atoms with van der Waals surface area (Å²) in [6.07, 6.45) is -5.83. The summed E-state index contributed by atoms with van der Waals surface area (Å²) in [7, 11) is 3.45. The Kier molecular flexibility index (Phi) is 4.27. The fourth-order valence-electron chi connectivity index (χ4n) is 1.58. The van der Waals surface area contributed by atoms with Crippen molar-refractivity contribution in [1.29, 1.82) is 0 Å². The van der Waals surface area contributed by atoms with Gasteiger partial charge < -0.3 is 10.0 Å². The molecule has 0 bridgehead atoms. The van der Waals surface area contributed by atoms with Crippen molar-refractivity contribution in [2.45, 2.75) is 31.7 Å². The van der Waals surface area contributed by atoms with Crippen molar-refractivity contribution in [2.75, 3.05) is 14.1 Å². The number of hydrogen-bond donors (Lipinski definition) is 1. The van der Waals surface area contributed by atoms with Gasteiger partial charge in [0.25, 0.3) is 0 Å². The minimum absolute atomic E-state index is 0.115. The number of nitrogens with zero attached hydrogens (tertiary/aromatic N) is 1. The lowest BCUT2D eigenvalue weighted by atomic mass is 9.89. The van der Waals surface area contributed by atoms with Crippen LogP contribution in [-0.2, 0) is 6.18 Å². The molecule has 1 aromatic rings. The number of alkyl halides is 3. The van der Waals surface area contributed by atoms with E-state index >= 15 is 0 Å².